The van der Waals surface area contributed by atoms with E-state index in [1.165, 1.54) is 19.5 Å². The molecule has 0 saturated carbocycles. The molecule has 1 N–H and O–H groups in total. The highest BCUT2D eigenvalue weighted by atomic mass is 15.2. The Bertz CT molecular complexity index is 112. The molecule has 0 aromatic carbocycles. The van der Waals surface area contributed by atoms with Crippen LogP contribution in [0.1, 0.15) is 27.2 Å². The van der Waals surface area contributed by atoms with Gasteiger partial charge in [-0.2, -0.15) is 0 Å². The van der Waals surface area contributed by atoms with Gasteiger partial charge in [-0.3, -0.25) is 4.90 Å². The summed E-state index contributed by atoms with van der Waals surface area (Å²) in [4.78, 5) is 2.59. The minimum absolute atomic E-state index is 0.710. The number of hydrogen-bond donors (Lipinski definition) is 1. The molecule has 1 rings (SSSR count). The molecule has 1 aliphatic heterocycles. The molecule has 2 heteroatoms. The molecule has 1 fully saturated rings. The first-order chi connectivity index (χ1) is 5.25. The average Bonchev–Trinajstić information content (AvgIpc) is 2.04. The van der Waals surface area contributed by atoms with E-state index in [4.69, 9.17) is 0 Å². The summed E-state index contributed by atoms with van der Waals surface area (Å²) in [5.74, 6) is 0. The summed E-state index contributed by atoms with van der Waals surface area (Å²) >= 11 is 0. The van der Waals surface area contributed by atoms with E-state index in [0.29, 0.717) is 6.04 Å². The van der Waals surface area contributed by atoms with Crippen LogP contribution < -0.4 is 5.32 Å². The van der Waals surface area contributed by atoms with Gasteiger partial charge in [-0.1, -0.05) is 6.92 Å². The quantitative estimate of drug-likeness (QED) is 0.643. The smallest absolute Gasteiger partial charge is 0.0221 e. The molecular formula is C9H20N2. The second-order valence-corrected chi connectivity index (χ2v) is 3.60. The highest BCUT2D eigenvalue weighted by molar-refractivity contribution is 4.80. The Balaban J connectivity index is 2.44. The first-order valence-electron chi connectivity index (χ1n) is 4.72. The van der Waals surface area contributed by atoms with Gasteiger partial charge in [-0.25, -0.2) is 0 Å². The Kier molecular flexibility index (Phi) is 3.34. The normalized spacial score (nSPS) is 27.8. The highest BCUT2D eigenvalue weighted by Crippen LogP contribution is 2.10. The highest BCUT2D eigenvalue weighted by Gasteiger charge is 2.21. The Morgan fingerprint density at radius 2 is 2.27 bits per heavy atom. The van der Waals surface area contributed by atoms with E-state index in [2.05, 4.69) is 31.0 Å². The van der Waals surface area contributed by atoms with Crippen molar-refractivity contribution in [1.29, 1.82) is 0 Å². The molecule has 1 aliphatic rings. The lowest BCUT2D eigenvalue weighted by Crippen LogP contribution is -2.53. The van der Waals surface area contributed by atoms with Gasteiger partial charge in [0.1, 0.15) is 0 Å². The van der Waals surface area contributed by atoms with Crippen molar-refractivity contribution in [1.82, 2.24) is 10.2 Å². The second kappa shape index (κ2) is 4.07. The molecule has 11 heavy (non-hydrogen) atoms. The molecule has 1 atom stereocenters. The van der Waals surface area contributed by atoms with Crippen LogP contribution in [-0.2, 0) is 0 Å². The van der Waals surface area contributed by atoms with Crippen molar-refractivity contribution in [2.45, 2.75) is 39.3 Å². The Labute approximate surface area is 70.0 Å². The largest absolute Gasteiger partial charge is 0.314 e. The van der Waals surface area contributed by atoms with Gasteiger partial charge in [-0.15, -0.1) is 0 Å². The fourth-order valence-corrected chi connectivity index (χ4v) is 1.84. The zero-order valence-electron chi connectivity index (χ0n) is 7.93. The van der Waals surface area contributed by atoms with Crippen molar-refractivity contribution in [2.24, 2.45) is 0 Å². The molecule has 0 bridgehead atoms. The second-order valence-electron chi connectivity index (χ2n) is 3.60. The van der Waals surface area contributed by atoms with Gasteiger partial charge in [0.15, 0.2) is 0 Å². The van der Waals surface area contributed by atoms with Gasteiger partial charge in [0.25, 0.3) is 0 Å². The summed E-state index contributed by atoms with van der Waals surface area (Å²) < 4.78 is 0. The predicted molar refractivity (Wildman–Crippen MR) is 48.8 cm³/mol. The van der Waals surface area contributed by atoms with Crippen molar-refractivity contribution in [2.75, 3.05) is 19.6 Å². The fourth-order valence-electron chi connectivity index (χ4n) is 1.84. The van der Waals surface area contributed by atoms with Crippen LogP contribution in [0.3, 0.4) is 0 Å². The van der Waals surface area contributed by atoms with E-state index in [1.54, 1.807) is 0 Å². The Hall–Kier alpha value is -0.0800. The van der Waals surface area contributed by atoms with Gasteiger partial charge >= 0.3 is 0 Å². The third kappa shape index (κ3) is 2.17. The summed E-state index contributed by atoms with van der Waals surface area (Å²) in [6.45, 7) is 10.4. The number of nitrogens with one attached hydrogen (secondary N) is 1. The lowest BCUT2D eigenvalue weighted by Gasteiger charge is -2.38. The molecule has 0 spiro atoms. The Morgan fingerprint density at radius 3 is 2.73 bits per heavy atom. The van der Waals surface area contributed by atoms with Crippen molar-refractivity contribution in [3.63, 3.8) is 0 Å². The van der Waals surface area contributed by atoms with E-state index < -0.39 is 0 Å². The number of hydrogen-bond acceptors (Lipinski definition) is 2. The van der Waals surface area contributed by atoms with Crippen LogP contribution in [0.25, 0.3) is 0 Å². The molecule has 0 radical (unpaired) electrons. The van der Waals surface area contributed by atoms with Crippen molar-refractivity contribution in [3.8, 4) is 0 Å². The topological polar surface area (TPSA) is 15.3 Å². The number of nitrogens with zero attached hydrogens (tertiary/aromatic N) is 1. The molecule has 0 aromatic rings. The van der Waals surface area contributed by atoms with Crippen LogP contribution >= 0.6 is 0 Å². The molecule has 1 saturated heterocycles. The minimum atomic E-state index is 0.710. The van der Waals surface area contributed by atoms with Crippen LogP contribution in [0.5, 0.6) is 0 Å². The van der Waals surface area contributed by atoms with Crippen molar-refractivity contribution < 1.29 is 0 Å². The minimum Gasteiger partial charge on any atom is -0.314 e. The zero-order valence-corrected chi connectivity index (χ0v) is 7.93. The maximum absolute atomic E-state index is 3.43. The van der Waals surface area contributed by atoms with E-state index in [0.717, 1.165) is 12.6 Å². The van der Waals surface area contributed by atoms with E-state index in [-0.39, 0.29) is 0 Å². The van der Waals surface area contributed by atoms with Crippen LogP contribution in [0.15, 0.2) is 0 Å². The number of piperazine rings is 1. The van der Waals surface area contributed by atoms with E-state index >= 15 is 0 Å². The summed E-state index contributed by atoms with van der Waals surface area (Å²) in [5.41, 5.74) is 0. The van der Waals surface area contributed by atoms with E-state index in [9.17, 15) is 0 Å². The number of rotatable bonds is 2. The van der Waals surface area contributed by atoms with E-state index in [1.807, 2.05) is 0 Å². The summed E-state index contributed by atoms with van der Waals surface area (Å²) in [6, 6.07) is 1.48. The molecule has 0 unspecified atom stereocenters. The predicted octanol–water partition coefficient (Wildman–Crippen LogP) is 1.08. The molecule has 0 aromatic heterocycles. The monoisotopic (exact) mass is 156 g/mol. The van der Waals surface area contributed by atoms with Crippen LogP contribution in [0.4, 0.5) is 0 Å². The van der Waals surface area contributed by atoms with Gasteiger partial charge in [0.2, 0.25) is 0 Å². The standard InChI is InChI=1S/C9H20N2/c1-4-9-7-10-5-6-11(9)8(2)3/h8-10H,4-7H2,1-3H3/t9-/m0/s1. The zero-order chi connectivity index (χ0) is 8.27. The van der Waals surface area contributed by atoms with Crippen LogP contribution in [-0.4, -0.2) is 36.6 Å². The maximum atomic E-state index is 3.43. The molecule has 1 heterocycles. The van der Waals surface area contributed by atoms with Crippen molar-refractivity contribution >= 4 is 0 Å². The molecule has 2 nitrogen and oxygen atoms in total. The maximum Gasteiger partial charge on any atom is 0.0221 e. The molecule has 0 amide bonds. The summed E-state index contributed by atoms with van der Waals surface area (Å²) in [7, 11) is 0. The summed E-state index contributed by atoms with van der Waals surface area (Å²) in [6.07, 6.45) is 1.27. The Morgan fingerprint density at radius 1 is 1.55 bits per heavy atom. The third-order valence-corrected chi connectivity index (χ3v) is 2.53. The lowest BCUT2D eigenvalue weighted by molar-refractivity contribution is 0.120. The third-order valence-electron chi connectivity index (χ3n) is 2.53. The average molecular weight is 156 g/mol. The fraction of sp³-hybridized carbons (Fsp3) is 1.00. The van der Waals surface area contributed by atoms with Gasteiger partial charge in [0.05, 0.1) is 0 Å². The van der Waals surface area contributed by atoms with Crippen LogP contribution in [0.2, 0.25) is 0 Å². The molecular weight excluding hydrogens is 136 g/mol. The lowest BCUT2D eigenvalue weighted by atomic mass is 10.1. The SMILES string of the molecule is CC[C@H]1CNCCN1C(C)C. The molecule has 66 valence electrons. The van der Waals surface area contributed by atoms with Gasteiger partial charge in [-0.05, 0) is 20.3 Å². The van der Waals surface area contributed by atoms with Crippen LogP contribution in [0, 0.1) is 0 Å². The van der Waals surface area contributed by atoms with Gasteiger partial charge in [0, 0.05) is 31.7 Å². The first-order valence-corrected chi connectivity index (χ1v) is 4.72. The van der Waals surface area contributed by atoms with Crippen molar-refractivity contribution in [3.05, 3.63) is 0 Å². The summed E-state index contributed by atoms with van der Waals surface area (Å²) in [5, 5.41) is 3.43. The first kappa shape index (κ1) is 9.01. The van der Waals surface area contributed by atoms with Gasteiger partial charge < -0.3 is 5.32 Å². The molecule has 0 aliphatic carbocycles.